The Balaban J connectivity index is 1.60. The van der Waals surface area contributed by atoms with E-state index in [9.17, 15) is 14.7 Å². The van der Waals surface area contributed by atoms with E-state index in [2.05, 4.69) is 22.9 Å². The molecule has 3 unspecified atom stereocenters. The maximum Gasteiger partial charge on any atom is 0.316 e. The normalized spacial score (nSPS) is 26.2. The van der Waals surface area contributed by atoms with Crippen molar-refractivity contribution >= 4 is 35.3 Å². The first kappa shape index (κ1) is 16.0. The lowest BCUT2D eigenvalue weighted by Crippen LogP contribution is -2.41. The number of ketones is 1. The first-order valence-electron chi connectivity index (χ1n) is 7.99. The van der Waals surface area contributed by atoms with Crippen LogP contribution >= 0.6 is 23.5 Å². The highest BCUT2D eigenvalue weighted by atomic mass is 32.2. The molecule has 1 saturated heterocycles. The first-order chi connectivity index (χ1) is 11.6. The average Bonchev–Trinajstić information content (AvgIpc) is 3.24. The molecule has 0 aliphatic carbocycles. The van der Waals surface area contributed by atoms with Crippen LogP contribution in [0.1, 0.15) is 23.7 Å². The molecule has 6 heteroatoms. The zero-order valence-corrected chi connectivity index (χ0v) is 14.5. The summed E-state index contributed by atoms with van der Waals surface area (Å²) in [7, 11) is 0. The molecule has 4 rings (SSSR count). The molecule has 0 aromatic heterocycles. The van der Waals surface area contributed by atoms with Crippen molar-refractivity contribution in [2.75, 3.05) is 6.54 Å². The number of thioether (sulfide) groups is 2. The summed E-state index contributed by atoms with van der Waals surface area (Å²) >= 11 is 3.15. The minimum atomic E-state index is -1.03. The second-order valence-electron chi connectivity index (χ2n) is 6.16. The van der Waals surface area contributed by atoms with Crippen molar-refractivity contribution in [3.05, 3.63) is 51.8 Å². The Morgan fingerprint density at radius 2 is 2.12 bits per heavy atom. The van der Waals surface area contributed by atoms with Crippen LogP contribution in [0.4, 0.5) is 0 Å². The van der Waals surface area contributed by atoms with Gasteiger partial charge in [0.15, 0.2) is 5.78 Å². The van der Waals surface area contributed by atoms with Gasteiger partial charge in [0.1, 0.15) is 5.92 Å². The van der Waals surface area contributed by atoms with Crippen LogP contribution in [-0.2, 0) is 9.59 Å². The molecular formula is C18H17NO3S2. The molecule has 124 valence electrons. The highest BCUT2D eigenvalue weighted by Gasteiger charge is 2.41. The molecular weight excluding hydrogens is 342 g/mol. The Labute approximate surface area is 148 Å². The summed E-state index contributed by atoms with van der Waals surface area (Å²) in [6.07, 6.45) is 3.54. The van der Waals surface area contributed by atoms with E-state index >= 15 is 0 Å². The molecule has 0 bridgehead atoms. The van der Waals surface area contributed by atoms with Crippen molar-refractivity contribution in [3.63, 3.8) is 0 Å². The van der Waals surface area contributed by atoms with Crippen LogP contribution in [0.3, 0.4) is 0 Å². The van der Waals surface area contributed by atoms with Gasteiger partial charge in [-0.15, -0.1) is 11.8 Å². The molecule has 1 aromatic carbocycles. The van der Waals surface area contributed by atoms with E-state index in [4.69, 9.17) is 0 Å². The Bertz CT molecular complexity index is 765. The van der Waals surface area contributed by atoms with Crippen LogP contribution in [0.15, 0.2) is 51.1 Å². The van der Waals surface area contributed by atoms with E-state index in [0.717, 1.165) is 25.0 Å². The Morgan fingerprint density at radius 1 is 1.29 bits per heavy atom. The summed E-state index contributed by atoms with van der Waals surface area (Å²) in [5, 5.41) is 14.9. The Morgan fingerprint density at radius 3 is 2.88 bits per heavy atom. The summed E-state index contributed by atoms with van der Waals surface area (Å²) in [6.45, 7) is 0.783. The third kappa shape index (κ3) is 2.72. The zero-order valence-electron chi connectivity index (χ0n) is 12.9. The van der Waals surface area contributed by atoms with Crippen LogP contribution in [-0.4, -0.2) is 29.4 Å². The highest BCUT2D eigenvalue weighted by molar-refractivity contribution is 8.05. The minimum Gasteiger partial charge on any atom is -0.481 e. The number of carbonyl (C=O) groups is 2. The molecule has 24 heavy (non-hydrogen) atoms. The van der Waals surface area contributed by atoms with Gasteiger partial charge in [-0.05, 0) is 48.1 Å². The number of carbonyl (C=O) groups excluding carboxylic acids is 1. The summed E-state index contributed by atoms with van der Waals surface area (Å²) in [5.41, 5.74) is 2.30. The lowest BCUT2D eigenvalue weighted by atomic mass is 9.93. The topological polar surface area (TPSA) is 66.4 Å². The third-order valence-corrected chi connectivity index (χ3v) is 7.01. The van der Waals surface area contributed by atoms with Crippen molar-refractivity contribution in [2.24, 2.45) is 5.92 Å². The van der Waals surface area contributed by atoms with Gasteiger partial charge in [-0.25, -0.2) is 0 Å². The number of rotatable bonds is 4. The second-order valence-corrected chi connectivity index (χ2v) is 8.22. The molecule has 0 saturated carbocycles. The molecule has 3 aliphatic rings. The number of fused-ring (bicyclic) bond motifs is 3. The van der Waals surface area contributed by atoms with E-state index in [1.54, 1.807) is 11.8 Å². The van der Waals surface area contributed by atoms with Crippen molar-refractivity contribution in [2.45, 2.75) is 29.0 Å². The predicted octanol–water partition coefficient (Wildman–Crippen LogP) is 3.37. The Hall–Kier alpha value is -1.50. The van der Waals surface area contributed by atoms with Gasteiger partial charge in [0.05, 0.1) is 10.2 Å². The van der Waals surface area contributed by atoms with Crippen molar-refractivity contribution in [1.29, 1.82) is 0 Å². The number of benzene rings is 1. The molecule has 0 amide bonds. The lowest BCUT2D eigenvalue weighted by Gasteiger charge is -2.21. The molecule has 3 atom stereocenters. The van der Waals surface area contributed by atoms with E-state index in [1.807, 2.05) is 18.2 Å². The summed E-state index contributed by atoms with van der Waals surface area (Å²) in [5.74, 6) is -2.28. The maximum atomic E-state index is 12.9. The summed E-state index contributed by atoms with van der Waals surface area (Å²) < 4.78 is 0. The standard InChI is InChI=1S/C18H17NO3S2/c20-16(15(18(21)22)12-5-3-7-19-12)14-8-10-9-23-13-6-2-1-4-11(13)17(10)24-14/h1-2,4,6,8-9,12,15,17,19H,3,5,7H2,(H,21,22). The molecule has 4 nitrogen and oxygen atoms in total. The molecule has 3 heterocycles. The molecule has 2 N–H and O–H groups in total. The Kier molecular flexibility index (Phi) is 4.28. The summed E-state index contributed by atoms with van der Waals surface area (Å²) in [6, 6.07) is 7.92. The van der Waals surface area contributed by atoms with Gasteiger partial charge in [0.25, 0.3) is 0 Å². The predicted molar refractivity (Wildman–Crippen MR) is 96.0 cm³/mol. The number of Topliss-reactive ketones (excluding diaryl/α,β-unsaturated/α-hetero) is 1. The molecule has 3 aliphatic heterocycles. The molecule has 1 fully saturated rings. The average molecular weight is 359 g/mol. The summed E-state index contributed by atoms with van der Waals surface area (Å²) in [4.78, 5) is 26.3. The van der Waals surface area contributed by atoms with Gasteiger partial charge in [-0.3, -0.25) is 9.59 Å². The monoisotopic (exact) mass is 359 g/mol. The number of hydrogen-bond acceptors (Lipinski definition) is 5. The van der Waals surface area contributed by atoms with Gasteiger partial charge in [0.2, 0.25) is 0 Å². The van der Waals surface area contributed by atoms with Gasteiger partial charge >= 0.3 is 5.97 Å². The van der Waals surface area contributed by atoms with E-state index in [0.29, 0.717) is 4.91 Å². The van der Waals surface area contributed by atoms with Crippen molar-refractivity contribution < 1.29 is 14.7 Å². The lowest BCUT2D eigenvalue weighted by molar-refractivity contribution is -0.146. The second kappa shape index (κ2) is 6.43. The fraction of sp³-hybridized carbons (Fsp3) is 0.333. The molecule has 1 aromatic rings. The number of aliphatic carboxylic acids is 1. The van der Waals surface area contributed by atoms with E-state index in [-0.39, 0.29) is 17.1 Å². The van der Waals surface area contributed by atoms with Crippen LogP contribution in [0.5, 0.6) is 0 Å². The number of carboxylic acids is 1. The maximum absolute atomic E-state index is 12.9. The van der Waals surface area contributed by atoms with Gasteiger partial charge in [0, 0.05) is 10.9 Å². The SMILES string of the molecule is O=C(O)C(C(=O)C1=CC2=CSc3ccccc3C2S1)C1CCCN1. The first-order valence-corrected chi connectivity index (χ1v) is 9.75. The fourth-order valence-corrected chi connectivity index (χ4v) is 5.89. The van der Waals surface area contributed by atoms with E-state index in [1.165, 1.54) is 22.2 Å². The van der Waals surface area contributed by atoms with Crippen LogP contribution < -0.4 is 5.32 Å². The number of carboxylic acid groups (broad SMARTS) is 1. The largest absolute Gasteiger partial charge is 0.481 e. The van der Waals surface area contributed by atoms with Gasteiger partial charge in [-0.2, -0.15) is 0 Å². The smallest absolute Gasteiger partial charge is 0.316 e. The minimum absolute atomic E-state index is 0.104. The number of nitrogens with one attached hydrogen (secondary N) is 1. The number of allylic oxidation sites excluding steroid dienone is 2. The molecule has 0 radical (unpaired) electrons. The van der Waals surface area contributed by atoms with Crippen LogP contribution in [0.25, 0.3) is 0 Å². The highest BCUT2D eigenvalue weighted by Crippen LogP contribution is 2.54. The fourth-order valence-electron chi connectivity index (χ4n) is 3.48. The van der Waals surface area contributed by atoms with Gasteiger partial charge < -0.3 is 10.4 Å². The van der Waals surface area contributed by atoms with Crippen LogP contribution in [0, 0.1) is 5.92 Å². The number of hydrogen-bond donors (Lipinski definition) is 2. The molecule has 0 spiro atoms. The van der Waals surface area contributed by atoms with Gasteiger partial charge in [-0.1, -0.05) is 30.0 Å². The van der Waals surface area contributed by atoms with Crippen LogP contribution in [0.2, 0.25) is 0 Å². The third-order valence-electron chi connectivity index (χ3n) is 4.66. The zero-order chi connectivity index (χ0) is 16.7. The quantitative estimate of drug-likeness (QED) is 0.804. The van der Waals surface area contributed by atoms with Crippen molar-refractivity contribution in [1.82, 2.24) is 5.32 Å². The van der Waals surface area contributed by atoms with E-state index < -0.39 is 11.9 Å². The van der Waals surface area contributed by atoms with Crippen molar-refractivity contribution in [3.8, 4) is 0 Å².